The van der Waals surface area contributed by atoms with E-state index in [1.165, 1.54) is 0 Å². The van der Waals surface area contributed by atoms with E-state index < -0.39 is 7.82 Å². The number of anilines is 1. The van der Waals surface area contributed by atoms with E-state index in [9.17, 15) is 14.6 Å². The summed E-state index contributed by atoms with van der Waals surface area (Å²) in [7, 11) is -4.26. The van der Waals surface area contributed by atoms with Crippen LogP contribution in [0.3, 0.4) is 0 Å². The summed E-state index contributed by atoms with van der Waals surface area (Å²) in [6, 6.07) is 6.70. The van der Waals surface area contributed by atoms with Crippen LogP contribution in [0.15, 0.2) is 36.8 Å². The minimum Gasteiger partial charge on any atom is -0.404 e. The number of fused-ring (bicyclic) bond motifs is 1. The minimum atomic E-state index is -4.26. The van der Waals surface area contributed by atoms with Crippen LogP contribution < -0.4 is 10.3 Å². The second-order valence-electron chi connectivity index (χ2n) is 7.17. The minimum absolute atomic E-state index is 0.00881. The third-order valence-electron chi connectivity index (χ3n) is 5.24. The predicted molar refractivity (Wildman–Crippen MR) is 105 cm³/mol. The van der Waals surface area contributed by atoms with Gasteiger partial charge in [0.05, 0.1) is 19.1 Å². The molecule has 1 aromatic carbocycles. The first-order valence-corrected chi connectivity index (χ1v) is 10.7. The molecule has 154 valence electrons. The number of hydrogen-bond acceptors (Lipinski definition) is 8. The molecule has 4 atom stereocenters. The second-order valence-corrected chi connectivity index (χ2v) is 8.54. The van der Waals surface area contributed by atoms with Crippen molar-refractivity contribution in [2.75, 3.05) is 18.9 Å². The maximum atomic E-state index is 12.2. The lowest BCUT2D eigenvalue weighted by molar-refractivity contribution is -0.00487. The number of aryl methyl sites for hydroxylation is 1. The Labute approximate surface area is 167 Å². The quantitative estimate of drug-likeness (QED) is 0.490. The number of nitrogens with zero attached hydrogens (tertiary/aromatic N) is 4. The Balaban J connectivity index is 1.40. The monoisotopic (exact) mass is 419 g/mol. The van der Waals surface area contributed by atoms with E-state index in [2.05, 4.69) is 15.0 Å². The first-order valence-electron chi connectivity index (χ1n) is 9.16. The van der Waals surface area contributed by atoms with Gasteiger partial charge < -0.3 is 19.9 Å². The average molecular weight is 419 g/mol. The third kappa shape index (κ3) is 4.11. The Bertz CT molecular complexity index is 1060. The van der Waals surface area contributed by atoms with Crippen molar-refractivity contribution in [3.05, 3.63) is 42.4 Å². The van der Waals surface area contributed by atoms with Gasteiger partial charge in [-0.15, -0.1) is 0 Å². The van der Waals surface area contributed by atoms with E-state index in [1.807, 2.05) is 11.5 Å². The summed E-state index contributed by atoms with van der Waals surface area (Å²) in [4.78, 5) is 22.4. The van der Waals surface area contributed by atoms with E-state index in [0.29, 0.717) is 17.6 Å². The number of benzene rings is 1. The molecule has 1 aliphatic rings. The molecule has 0 spiro atoms. The van der Waals surface area contributed by atoms with E-state index in [4.69, 9.17) is 14.8 Å². The molecule has 1 aliphatic carbocycles. The normalized spacial score (nSPS) is 23.5. The highest BCUT2D eigenvalue weighted by atomic mass is 31.2. The van der Waals surface area contributed by atoms with Gasteiger partial charge in [-0.3, -0.25) is 9.42 Å². The van der Waals surface area contributed by atoms with E-state index in [0.717, 1.165) is 5.56 Å². The number of rotatable bonds is 7. The number of nitrogens with two attached hydrogens (primary N) is 1. The van der Waals surface area contributed by atoms with Crippen molar-refractivity contribution < 1.29 is 23.6 Å². The molecule has 1 fully saturated rings. The molecule has 10 nitrogen and oxygen atoms in total. The lowest BCUT2D eigenvalue weighted by Gasteiger charge is -2.44. The molecule has 4 N–H and O–H groups in total. The Morgan fingerprint density at radius 1 is 1.31 bits per heavy atom. The molecule has 0 bridgehead atoms. The fraction of sp³-hybridized carbons (Fsp3) is 0.389. The van der Waals surface area contributed by atoms with Gasteiger partial charge >= 0.3 is 7.82 Å². The predicted octanol–water partition coefficient (Wildman–Crippen LogP) is 2.08. The van der Waals surface area contributed by atoms with Crippen LogP contribution in [-0.4, -0.2) is 42.7 Å². The van der Waals surface area contributed by atoms with E-state index in [1.54, 1.807) is 36.8 Å². The van der Waals surface area contributed by atoms with Crippen molar-refractivity contribution in [2.24, 2.45) is 11.8 Å². The number of phosphoric acid groups is 1. The third-order valence-corrected chi connectivity index (χ3v) is 6.16. The molecular formula is C18H22N5O5P. The van der Waals surface area contributed by atoms with Gasteiger partial charge in [0.2, 0.25) is 5.95 Å². The van der Waals surface area contributed by atoms with Crippen LogP contribution in [0.5, 0.6) is 5.75 Å². The average Bonchev–Trinajstić information content (AvgIpc) is 3.05. The van der Waals surface area contributed by atoms with Crippen molar-refractivity contribution in [1.82, 2.24) is 19.5 Å². The van der Waals surface area contributed by atoms with Crippen LogP contribution in [0.4, 0.5) is 5.95 Å². The number of hydrogen-bond donors (Lipinski definition) is 3. The molecule has 0 radical (unpaired) electrons. The number of aliphatic hydroxyl groups excluding tert-OH is 1. The topological polar surface area (TPSA) is 146 Å². The summed E-state index contributed by atoms with van der Waals surface area (Å²) in [5, 5.41) is 9.83. The number of aromatic nitrogens is 4. The Morgan fingerprint density at radius 2 is 2.07 bits per heavy atom. The lowest BCUT2D eigenvalue weighted by Crippen LogP contribution is -2.42. The molecular weight excluding hydrogens is 397 g/mol. The molecule has 1 unspecified atom stereocenters. The van der Waals surface area contributed by atoms with Crippen LogP contribution >= 0.6 is 7.82 Å². The molecule has 1 saturated carbocycles. The van der Waals surface area contributed by atoms with Crippen LogP contribution in [0.2, 0.25) is 0 Å². The highest BCUT2D eigenvalue weighted by Crippen LogP contribution is 2.49. The van der Waals surface area contributed by atoms with Crippen LogP contribution in [0.25, 0.3) is 11.2 Å². The summed E-state index contributed by atoms with van der Waals surface area (Å²) >= 11 is 0. The summed E-state index contributed by atoms with van der Waals surface area (Å²) in [5.41, 5.74) is 7.88. The number of nitrogen functional groups attached to an aromatic ring is 1. The number of imidazole rings is 1. The molecule has 29 heavy (non-hydrogen) atoms. The van der Waals surface area contributed by atoms with Crippen LogP contribution in [0, 0.1) is 18.8 Å². The fourth-order valence-electron chi connectivity index (χ4n) is 3.59. The molecule has 11 heteroatoms. The zero-order chi connectivity index (χ0) is 20.6. The van der Waals surface area contributed by atoms with Gasteiger partial charge in [-0.1, -0.05) is 17.7 Å². The van der Waals surface area contributed by atoms with E-state index >= 15 is 0 Å². The van der Waals surface area contributed by atoms with Gasteiger partial charge in [0.1, 0.15) is 11.3 Å². The van der Waals surface area contributed by atoms with Gasteiger partial charge in [0.15, 0.2) is 5.65 Å². The van der Waals surface area contributed by atoms with Crippen LogP contribution in [0.1, 0.15) is 18.0 Å². The largest absolute Gasteiger partial charge is 0.527 e. The zero-order valence-electron chi connectivity index (χ0n) is 15.8. The van der Waals surface area contributed by atoms with Gasteiger partial charge in [-0.05, 0) is 31.4 Å². The number of phosphoric ester groups is 1. The molecule has 2 aromatic heterocycles. The van der Waals surface area contributed by atoms with Crippen molar-refractivity contribution >= 4 is 24.9 Å². The maximum Gasteiger partial charge on any atom is 0.527 e. The smallest absolute Gasteiger partial charge is 0.404 e. The SMILES string of the molecule is Cc1ccc(OP(=O)(O)OC[C@H]2C[C@@H](n3cnc4cnc(N)nc43)[C@@H]2CO)cc1. The van der Waals surface area contributed by atoms with Crippen molar-refractivity contribution in [2.45, 2.75) is 19.4 Å². The highest BCUT2D eigenvalue weighted by Gasteiger charge is 2.43. The summed E-state index contributed by atoms with van der Waals surface area (Å²) in [5.74, 6) is 0.119. The maximum absolute atomic E-state index is 12.2. The molecule has 0 amide bonds. The highest BCUT2D eigenvalue weighted by molar-refractivity contribution is 7.47. The Hall–Kier alpha value is -2.52. The molecule has 3 aromatic rings. The van der Waals surface area contributed by atoms with Crippen molar-refractivity contribution in [1.29, 1.82) is 0 Å². The standard InChI is InChI=1S/C18H22N5O5P/c1-11-2-4-13(5-3-11)28-29(25,26)27-9-12-6-16(14(12)8-24)23-10-21-15-7-20-18(19)22-17(15)23/h2-5,7,10,12,14,16,24H,6,8-9H2,1H3,(H,25,26)(H2,19,20,22)/t12-,14-,16-/m1/s1. The van der Waals surface area contributed by atoms with Gasteiger partial charge in [-0.25, -0.2) is 14.5 Å². The van der Waals surface area contributed by atoms with Gasteiger partial charge in [0.25, 0.3) is 0 Å². The fourth-order valence-corrected chi connectivity index (χ4v) is 4.41. The van der Waals surface area contributed by atoms with Crippen molar-refractivity contribution in [3.8, 4) is 5.75 Å². The second kappa shape index (κ2) is 7.72. The first-order chi connectivity index (χ1) is 13.9. The Morgan fingerprint density at radius 3 is 2.79 bits per heavy atom. The van der Waals surface area contributed by atoms with Crippen LogP contribution in [-0.2, 0) is 9.09 Å². The first kappa shape index (κ1) is 19.8. The summed E-state index contributed by atoms with van der Waals surface area (Å²) in [6.45, 7) is 1.79. The van der Waals surface area contributed by atoms with Gasteiger partial charge in [-0.2, -0.15) is 4.98 Å². The van der Waals surface area contributed by atoms with E-state index in [-0.39, 0.29) is 42.8 Å². The Kier molecular flexibility index (Phi) is 5.26. The van der Waals surface area contributed by atoms with Gasteiger partial charge in [0, 0.05) is 18.6 Å². The van der Waals surface area contributed by atoms with Crippen molar-refractivity contribution in [3.63, 3.8) is 0 Å². The number of aliphatic hydroxyl groups is 1. The molecule has 0 aliphatic heterocycles. The lowest BCUT2D eigenvalue weighted by atomic mass is 9.70. The molecule has 0 saturated heterocycles. The summed E-state index contributed by atoms with van der Waals surface area (Å²) < 4.78 is 24.4. The molecule has 4 rings (SSSR count). The summed E-state index contributed by atoms with van der Waals surface area (Å²) in [6.07, 6.45) is 3.82. The molecule has 2 heterocycles. The zero-order valence-corrected chi connectivity index (χ0v) is 16.6.